The Balaban J connectivity index is 1.36. The van der Waals surface area contributed by atoms with Gasteiger partial charge in [0.25, 0.3) is 0 Å². The molecular formula is C28H26N2. The zero-order chi connectivity index (χ0) is 20.8. The van der Waals surface area contributed by atoms with Crippen molar-refractivity contribution in [1.29, 1.82) is 0 Å². The van der Waals surface area contributed by atoms with Gasteiger partial charge in [-0.05, 0) is 73.5 Å². The second-order valence-electron chi connectivity index (χ2n) is 7.56. The van der Waals surface area contributed by atoms with Crippen molar-refractivity contribution in [3.63, 3.8) is 0 Å². The van der Waals surface area contributed by atoms with Gasteiger partial charge in [-0.2, -0.15) is 0 Å². The second-order valence-corrected chi connectivity index (χ2v) is 7.56. The van der Waals surface area contributed by atoms with Crippen LogP contribution in [0.15, 0.2) is 97.1 Å². The summed E-state index contributed by atoms with van der Waals surface area (Å²) in [7, 11) is 0. The van der Waals surface area contributed by atoms with Crippen LogP contribution in [0.2, 0.25) is 0 Å². The van der Waals surface area contributed by atoms with Crippen LogP contribution in [-0.4, -0.2) is 0 Å². The molecule has 2 nitrogen and oxygen atoms in total. The van der Waals surface area contributed by atoms with Crippen molar-refractivity contribution < 1.29 is 0 Å². The van der Waals surface area contributed by atoms with Crippen LogP contribution in [0.3, 0.4) is 0 Å². The maximum Gasteiger partial charge on any atom is 0.0384 e. The fourth-order valence-electron chi connectivity index (χ4n) is 3.15. The van der Waals surface area contributed by atoms with Crippen molar-refractivity contribution in [1.82, 2.24) is 0 Å². The quantitative estimate of drug-likeness (QED) is 0.326. The van der Waals surface area contributed by atoms with Gasteiger partial charge in [0.05, 0.1) is 0 Å². The van der Waals surface area contributed by atoms with Gasteiger partial charge in [-0.15, -0.1) is 0 Å². The van der Waals surface area contributed by atoms with E-state index in [9.17, 15) is 0 Å². The van der Waals surface area contributed by atoms with E-state index in [2.05, 4.69) is 134 Å². The number of hydrogen-bond acceptors (Lipinski definition) is 2. The summed E-state index contributed by atoms with van der Waals surface area (Å²) < 4.78 is 0. The molecule has 148 valence electrons. The van der Waals surface area contributed by atoms with Gasteiger partial charge >= 0.3 is 0 Å². The van der Waals surface area contributed by atoms with Crippen molar-refractivity contribution >= 4 is 34.9 Å². The van der Waals surface area contributed by atoms with Gasteiger partial charge < -0.3 is 10.6 Å². The van der Waals surface area contributed by atoms with Gasteiger partial charge in [0.15, 0.2) is 0 Å². The van der Waals surface area contributed by atoms with E-state index >= 15 is 0 Å². The Hall–Kier alpha value is -3.78. The molecule has 0 amide bonds. The van der Waals surface area contributed by atoms with Crippen LogP contribution in [0.1, 0.15) is 22.3 Å². The van der Waals surface area contributed by atoms with Gasteiger partial charge in [0.1, 0.15) is 0 Å². The zero-order valence-electron chi connectivity index (χ0n) is 17.4. The molecule has 0 bridgehead atoms. The Bertz CT molecular complexity index is 1010. The summed E-state index contributed by atoms with van der Waals surface area (Å²) in [6.07, 6.45) is 4.27. The Kier molecular flexibility index (Phi) is 5.95. The first kappa shape index (κ1) is 19.5. The molecular weight excluding hydrogens is 364 g/mol. The number of aryl methyl sites for hydroxylation is 2. The molecule has 2 heteroatoms. The van der Waals surface area contributed by atoms with Crippen LogP contribution < -0.4 is 10.6 Å². The Morgan fingerprint density at radius 1 is 0.400 bits per heavy atom. The van der Waals surface area contributed by atoms with E-state index in [0.717, 1.165) is 22.7 Å². The number of rotatable bonds is 6. The first-order valence-corrected chi connectivity index (χ1v) is 10.2. The number of nitrogens with one attached hydrogen (secondary N) is 2. The maximum absolute atomic E-state index is 3.43. The molecule has 0 radical (unpaired) electrons. The molecule has 0 unspecified atom stereocenters. The topological polar surface area (TPSA) is 24.1 Å². The van der Waals surface area contributed by atoms with E-state index in [-0.39, 0.29) is 0 Å². The summed E-state index contributed by atoms with van der Waals surface area (Å²) in [6, 6.07) is 33.8. The first-order chi connectivity index (χ1) is 14.6. The Morgan fingerprint density at radius 2 is 0.667 bits per heavy atom. The lowest BCUT2D eigenvalue weighted by atomic mass is 10.1. The molecule has 30 heavy (non-hydrogen) atoms. The summed E-state index contributed by atoms with van der Waals surface area (Å²) in [6.45, 7) is 4.19. The molecule has 0 spiro atoms. The molecule has 0 fully saturated rings. The minimum atomic E-state index is 1.09. The third-order valence-electron chi connectivity index (χ3n) is 4.97. The lowest BCUT2D eigenvalue weighted by Gasteiger charge is -2.07. The third kappa shape index (κ3) is 5.39. The maximum atomic E-state index is 3.43. The van der Waals surface area contributed by atoms with Crippen LogP contribution in [0.5, 0.6) is 0 Å². The molecule has 4 rings (SSSR count). The minimum absolute atomic E-state index is 1.09. The van der Waals surface area contributed by atoms with Gasteiger partial charge in [0.2, 0.25) is 0 Å². The standard InChI is InChI=1S/C28H26N2/c1-21-3-13-25(14-4-21)29-27-17-9-23(10-18-27)7-8-24-11-19-28(20-12-24)30-26-15-5-22(2)6-16-26/h3-20,29-30H,1-2H3. The average molecular weight is 391 g/mol. The Labute approximate surface area is 178 Å². The fourth-order valence-corrected chi connectivity index (χ4v) is 3.15. The highest BCUT2D eigenvalue weighted by Gasteiger charge is 1.97. The molecule has 0 saturated carbocycles. The number of hydrogen-bond donors (Lipinski definition) is 2. The summed E-state index contributed by atoms with van der Waals surface area (Å²) in [5, 5.41) is 6.86. The SMILES string of the molecule is Cc1ccc(Nc2ccc(C=Cc3ccc(Nc4ccc(C)cc4)cc3)cc2)cc1. The molecule has 0 aliphatic rings. The molecule has 0 aromatic heterocycles. The molecule has 0 heterocycles. The van der Waals surface area contributed by atoms with E-state index < -0.39 is 0 Å². The van der Waals surface area contributed by atoms with Crippen LogP contribution >= 0.6 is 0 Å². The molecule has 4 aromatic rings. The van der Waals surface area contributed by atoms with Crippen molar-refractivity contribution in [3.05, 3.63) is 119 Å². The fraction of sp³-hybridized carbons (Fsp3) is 0.0714. The van der Waals surface area contributed by atoms with Crippen molar-refractivity contribution in [2.75, 3.05) is 10.6 Å². The molecule has 0 aliphatic carbocycles. The minimum Gasteiger partial charge on any atom is -0.356 e. The van der Waals surface area contributed by atoms with E-state index in [4.69, 9.17) is 0 Å². The smallest absolute Gasteiger partial charge is 0.0384 e. The van der Waals surface area contributed by atoms with Crippen molar-refractivity contribution in [2.45, 2.75) is 13.8 Å². The predicted octanol–water partition coefficient (Wildman–Crippen LogP) is 7.96. The third-order valence-corrected chi connectivity index (χ3v) is 4.97. The molecule has 2 N–H and O–H groups in total. The summed E-state index contributed by atoms with van der Waals surface area (Å²) in [5.74, 6) is 0. The number of anilines is 4. The van der Waals surface area contributed by atoms with Gasteiger partial charge in [0, 0.05) is 22.7 Å². The highest BCUT2D eigenvalue weighted by molar-refractivity contribution is 5.72. The molecule has 4 aromatic carbocycles. The zero-order valence-corrected chi connectivity index (χ0v) is 17.4. The van der Waals surface area contributed by atoms with E-state index in [1.54, 1.807) is 0 Å². The molecule has 0 atom stereocenters. The largest absolute Gasteiger partial charge is 0.356 e. The lowest BCUT2D eigenvalue weighted by molar-refractivity contribution is 1.45. The highest BCUT2D eigenvalue weighted by Crippen LogP contribution is 2.20. The second kappa shape index (κ2) is 9.15. The van der Waals surface area contributed by atoms with Gasteiger partial charge in [-0.3, -0.25) is 0 Å². The van der Waals surface area contributed by atoms with E-state index in [1.165, 1.54) is 22.3 Å². The van der Waals surface area contributed by atoms with Crippen molar-refractivity contribution in [2.24, 2.45) is 0 Å². The first-order valence-electron chi connectivity index (χ1n) is 10.2. The van der Waals surface area contributed by atoms with Crippen LogP contribution in [0.25, 0.3) is 12.2 Å². The highest BCUT2D eigenvalue weighted by atomic mass is 14.9. The van der Waals surface area contributed by atoms with Crippen LogP contribution in [0.4, 0.5) is 22.7 Å². The van der Waals surface area contributed by atoms with Gasteiger partial charge in [-0.25, -0.2) is 0 Å². The van der Waals surface area contributed by atoms with Crippen LogP contribution in [0, 0.1) is 13.8 Å². The monoisotopic (exact) mass is 390 g/mol. The van der Waals surface area contributed by atoms with E-state index in [1.807, 2.05) is 0 Å². The predicted molar refractivity (Wildman–Crippen MR) is 131 cm³/mol. The van der Waals surface area contributed by atoms with E-state index in [0.29, 0.717) is 0 Å². The summed E-state index contributed by atoms with van der Waals surface area (Å²) in [4.78, 5) is 0. The summed E-state index contributed by atoms with van der Waals surface area (Å²) >= 11 is 0. The summed E-state index contributed by atoms with van der Waals surface area (Å²) in [5.41, 5.74) is 9.24. The normalized spacial score (nSPS) is 10.9. The molecule has 0 saturated heterocycles. The van der Waals surface area contributed by atoms with Crippen LogP contribution in [-0.2, 0) is 0 Å². The number of benzene rings is 4. The molecule has 0 aliphatic heterocycles. The lowest BCUT2D eigenvalue weighted by Crippen LogP contribution is -1.90. The van der Waals surface area contributed by atoms with Gasteiger partial charge in [-0.1, -0.05) is 71.8 Å². The average Bonchev–Trinajstić information content (AvgIpc) is 2.77. The van der Waals surface area contributed by atoms with Crippen molar-refractivity contribution in [3.8, 4) is 0 Å². The Morgan fingerprint density at radius 3 is 0.967 bits per heavy atom.